The Hall–Kier alpha value is -0.410. The molecule has 0 bridgehead atoms. The van der Waals surface area contributed by atoms with Crippen molar-refractivity contribution in [2.75, 3.05) is 0 Å². The molecule has 8 atom stereocenters. The first-order valence-electron chi connectivity index (χ1n) is 10.1. The number of fused-ring (bicyclic) bond motifs is 5. The first-order valence-corrected chi connectivity index (χ1v) is 10.1. The Kier molecular flexibility index (Phi) is 3.76. The van der Waals surface area contributed by atoms with Gasteiger partial charge in [0.2, 0.25) is 0 Å². The highest BCUT2D eigenvalue weighted by atomic mass is 16.3. The topological polar surface area (TPSA) is 57.5 Å². The fourth-order valence-electron chi connectivity index (χ4n) is 7.78. The molecular weight excluding hydrogens is 300 g/mol. The lowest BCUT2D eigenvalue weighted by molar-refractivity contribution is -0.183. The van der Waals surface area contributed by atoms with Crippen molar-refractivity contribution < 1.29 is 15.0 Å². The molecule has 24 heavy (non-hydrogen) atoms. The van der Waals surface area contributed by atoms with Crippen LogP contribution in [0.2, 0.25) is 0 Å². The minimum Gasteiger partial charge on any atom is -0.390 e. The molecule has 0 spiro atoms. The van der Waals surface area contributed by atoms with E-state index in [-0.39, 0.29) is 5.41 Å². The summed E-state index contributed by atoms with van der Waals surface area (Å²) in [5, 5.41) is 21.5. The van der Waals surface area contributed by atoms with Gasteiger partial charge in [-0.1, -0.05) is 13.8 Å². The van der Waals surface area contributed by atoms with Crippen molar-refractivity contribution in [3.63, 3.8) is 0 Å². The highest BCUT2D eigenvalue weighted by Crippen LogP contribution is 2.68. The van der Waals surface area contributed by atoms with Crippen molar-refractivity contribution >= 4 is 5.78 Å². The summed E-state index contributed by atoms with van der Waals surface area (Å²) >= 11 is 0. The predicted octanol–water partition coefficient (Wildman–Crippen LogP) is 3.71. The Labute approximate surface area is 146 Å². The maximum absolute atomic E-state index is 12.0. The lowest BCUT2D eigenvalue weighted by Crippen LogP contribution is -2.59. The Morgan fingerprint density at radius 3 is 2.46 bits per heavy atom. The van der Waals surface area contributed by atoms with E-state index in [0.29, 0.717) is 34.9 Å². The SMILES string of the molecule is CC(O)C1(O)CCC2C3CCC4CC(=O)CCC4(C)C3CCC21C. The molecule has 3 nitrogen and oxygen atoms in total. The van der Waals surface area contributed by atoms with Gasteiger partial charge in [-0.05, 0) is 81.0 Å². The summed E-state index contributed by atoms with van der Waals surface area (Å²) in [6.07, 6.45) is 8.38. The molecule has 4 fully saturated rings. The molecule has 0 saturated heterocycles. The van der Waals surface area contributed by atoms with Gasteiger partial charge in [-0.25, -0.2) is 0 Å². The standard InChI is InChI=1S/C21H34O3/c1-13(22)21(24)11-8-18-16-5-4-14-12-15(23)6-9-19(14,2)17(16)7-10-20(18,21)3/h13-14,16-18,22,24H,4-12H2,1-3H3. The van der Waals surface area contributed by atoms with Crippen LogP contribution in [0, 0.1) is 34.5 Å². The van der Waals surface area contributed by atoms with Gasteiger partial charge in [0.15, 0.2) is 0 Å². The van der Waals surface area contributed by atoms with Gasteiger partial charge in [-0.2, -0.15) is 0 Å². The number of rotatable bonds is 1. The molecule has 0 amide bonds. The molecule has 3 heteroatoms. The third-order valence-electron chi connectivity index (χ3n) is 9.39. The van der Waals surface area contributed by atoms with Crippen molar-refractivity contribution in [1.29, 1.82) is 0 Å². The second kappa shape index (κ2) is 5.30. The molecule has 0 aliphatic heterocycles. The molecular formula is C21H34O3. The van der Waals surface area contributed by atoms with Crippen LogP contribution in [-0.2, 0) is 4.79 Å². The number of carbonyl (C=O) groups is 1. The lowest BCUT2D eigenvalue weighted by Gasteiger charge is -2.61. The van der Waals surface area contributed by atoms with Crippen molar-refractivity contribution in [3.8, 4) is 0 Å². The van der Waals surface area contributed by atoms with E-state index in [9.17, 15) is 15.0 Å². The van der Waals surface area contributed by atoms with Crippen LogP contribution in [0.3, 0.4) is 0 Å². The van der Waals surface area contributed by atoms with E-state index < -0.39 is 11.7 Å². The Morgan fingerprint density at radius 2 is 1.75 bits per heavy atom. The van der Waals surface area contributed by atoms with Crippen molar-refractivity contribution in [2.45, 2.75) is 90.3 Å². The third-order valence-corrected chi connectivity index (χ3v) is 9.39. The quantitative estimate of drug-likeness (QED) is 0.768. The highest BCUT2D eigenvalue weighted by Gasteiger charge is 2.65. The van der Waals surface area contributed by atoms with E-state index in [0.717, 1.165) is 44.9 Å². The van der Waals surface area contributed by atoms with Crippen LogP contribution >= 0.6 is 0 Å². The maximum atomic E-state index is 12.0. The Bertz CT molecular complexity index is 543. The fraction of sp³-hybridized carbons (Fsp3) is 0.952. The Morgan fingerprint density at radius 1 is 1.04 bits per heavy atom. The number of carbonyl (C=O) groups excluding carboxylic acids is 1. The summed E-state index contributed by atoms with van der Waals surface area (Å²) in [5.41, 5.74) is -0.734. The predicted molar refractivity (Wildman–Crippen MR) is 93.4 cm³/mol. The molecule has 136 valence electrons. The normalized spacial score (nSPS) is 55.5. The van der Waals surface area contributed by atoms with E-state index in [1.165, 1.54) is 12.8 Å². The molecule has 4 rings (SSSR count). The number of Topliss-reactive ketones (excluding diaryl/α,β-unsaturated/α-hetero) is 1. The minimum atomic E-state index is -0.914. The van der Waals surface area contributed by atoms with Gasteiger partial charge < -0.3 is 10.2 Å². The monoisotopic (exact) mass is 334 g/mol. The van der Waals surface area contributed by atoms with Gasteiger partial charge in [-0.3, -0.25) is 4.79 Å². The highest BCUT2D eigenvalue weighted by molar-refractivity contribution is 5.79. The van der Waals surface area contributed by atoms with Crippen LogP contribution in [0.15, 0.2) is 0 Å². The summed E-state index contributed by atoms with van der Waals surface area (Å²) in [6.45, 7) is 6.47. The second-order valence-electron chi connectivity index (χ2n) is 9.99. The van der Waals surface area contributed by atoms with E-state index in [4.69, 9.17) is 0 Å². The molecule has 8 unspecified atom stereocenters. The molecule has 0 radical (unpaired) electrons. The number of aliphatic hydroxyl groups excluding tert-OH is 1. The number of aliphatic hydroxyl groups is 2. The number of hydrogen-bond donors (Lipinski definition) is 2. The Balaban J connectivity index is 1.64. The molecule has 4 aliphatic carbocycles. The maximum Gasteiger partial charge on any atom is 0.133 e. The molecule has 0 aromatic heterocycles. The van der Waals surface area contributed by atoms with E-state index in [2.05, 4.69) is 13.8 Å². The van der Waals surface area contributed by atoms with Crippen LogP contribution in [0.5, 0.6) is 0 Å². The lowest BCUT2D eigenvalue weighted by atomic mass is 9.44. The summed E-state index contributed by atoms with van der Waals surface area (Å²) < 4.78 is 0. The van der Waals surface area contributed by atoms with Crippen LogP contribution in [0.1, 0.15) is 78.6 Å². The summed E-state index contributed by atoms with van der Waals surface area (Å²) in [7, 11) is 0. The van der Waals surface area contributed by atoms with Crippen LogP contribution in [0.25, 0.3) is 0 Å². The second-order valence-corrected chi connectivity index (χ2v) is 9.99. The first-order chi connectivity index (χ1) is 11.2. The third kappa shape index (κ3) is 2.00. The summed E-state index contributed by atoms with van der Waals surface area (Å²) in [4.78, 5) is 12.0. The van der Waals surface area contributed by atoms with Gasteiger partial charge in [0, 0.05) is 18.3 Å². The van der Waals surface area contributed by atoms with Crippen LogP contribution in [-0.4, -0.2) is 27.7 Å². The molecule has 2 N–H and O–H groups in total. The smallest absolute Gasteiger partial charge is 0.133 e. The zero-order valence-corrected chi connectivity index (χ0v) is 15.6. The molecule has 0 aromatic rings. The van der Waals surface area contributed by atoms with E-state index in [1.807, 2.05) is 0 Å². The summed E-state index contributed by atoms with van der Waals surface area (Å²) in [5.74, 6) is 2.97. The van der Waals surface area contributed by atoms with E-state index in [1.54, 1.807) is 6.92 Å². The van der Waals surface area contributed by atoms with Gasteiger partial charge in [-0.15, -0.1) is 0 Å². The van der Waals surface area contributed by atoms with Crippen molar-refractivity contribution in [3.05, 3.63) is 0 Å². The van der Waals surface area contributed by atoms with Gasteiger partial charge in [0.05, 0.1) is 11.7 Å². The average molecular weight is 335 g/mol. The van der Waals surface area contributed by atoms with Crippen LogP contribution < -0.4 is 0 Å². The van der Waals surface area contributed by atoms with Gasteiger partial charge in [0.25, 0.3) is 0 Å². The molecule has 4 aliphatic rings. The summed E-state index contributed by atoms with van der Waals surface area (Å²) in [6, 6.07) is 0. The van der Waals surface area contributed by atoms with Gasteiger partial charge in [0.1, 0.15) is 5.78 Å². The molecule has 0 heterocycles. The van der Waals surface area contributed by atoms with E-state index >= 15 is 0 Å². The molecule has 0 aromatic carbocycles. The fourth-order valence-corrected chi connectivity index (χ4v) is 7.78. The number of ketones is 1. The minimum absolute atomic E-state index is 0.143. The number of hydrogen-bond acceptors (Lipinski definition) is 3. The zero-order valence-electron chi connectivity index (χ0n) is 15.6. The first kappa shape index (κ1) is 17.0. The van der Waals surface area contributed by atoms with Crippen LogP contribution in [0.4, 0.5) is 0 Å². The van der Waals surface area contributed by atoms with Crippen molar-refractivity contribution in [1.82, 2.24) is 0 Å². The average Bonchev–Trinajstić information content (AvgIpc) is 2.81. The zero-order chi connectivity index (χ0) is 17.3. The molecule has 4 saturated carbocycles. The van der Waals surface area contributed by atoms with Gasteiger partial charge >= 0.3 is 0 Å². The van der Waals surface area contributed by atoms with Crippen molar-refractivity contribution in [2.24, 2.45) is 34.5 Å². The largest absolute Gasteiger partial charge is 0.390 e.